The second-order valence-corrected chi connectivity index (χ2v) is 5.71. The average Bonchev–Trinajstić information content (AvgIpc) is 2.51. The van der Waals surface area contributed by atoms with E-state index in [1.54, 1.807) is 7.11 Å². The van der Waals surface area contributed by atoms with Crippen molar-refractivity contribution >= 4 is 0 Å². The second-order valence-electron chi connectivity index (χ2n) is 5.71. The molecule has 1 aromatic rings. The van der Waals surface area contributed by atoms with Gasteiger partial charge in [0.15, 0.2) is 0 Å². The van der Waals surface area contributed by atoms with E-state index >= 15 is 0 Å². The molecule has 2 rings (SSSR count). The van der Waals surface area contributed by atoms with Gasteiger partial charge < -0.3 is 15.2 Å². The summed E-state index contributed by atoms with van der Waals surface area (Å²) in [5.41, 5.74) is 7.32. The summed E-state index contributed by atoms with van der Waals surface area (Å²) in [6.45, 7) is 6.38. The normalized spacial score (nSPS) is 21.2. The van der Waals surface area contributed by atoms with Crippen LogP contribution >= 0.6 is 0 Å². The molecule has 1 aliphatic rings. The number of likely N-dealkylation sites (tertiary alicyclic amines) is 1. The van der Waals surface area contributed by atoms with Crippen molar-refractivity contribution in [3.8, 4) is 5.75 Å². The molecule has 0 bridgehead atoms. The predicted molar refractivity (Wildman–Crippen MR) is 85.6 cm³/mol. The summed E-state index contributed by atoms with van der Waals surface area (Å²) < 4.78 is 10.8. The molecule has 0 aliphatic carbocycles. The summed E-state index contributed by atoms with van der Waals surface area (Å²) >= 11 is 0. The number of hydrogen-bond donors (Lipinski definition) is 1. The Morgan fingerprint density at radius 2 is 2.10 bits per heavy atom. The van der Waals surface area contributed by atoms with Crippen LogP contribution in [-0.4, -0.2) is 44.9 Å². The van der Waals surface area contributed by atoms with Gasteiger partial charge in [0.1, 0.15) is 5.75 Å². The number of piperidine rings is 1. The van der Waals surface area contributed by atoms with Crippen LogP contribution in [-0.2, 0) is 4.74 Å². The topological polar surface area (TPSA) is 47.7 Å². The third-order valence-corrected chi connectivity index (χ3v) is 4.19. The maximum absolute atomic E-state index is 6.05. The van der Waals surface area contributed by atoms with Crippen molar-refractivity contribution in [3.63, 3.8) is 0 Å². The Balaban J connectivity index is 2.04. The number of benzene rings is 1. The lowest BCUT2D eigenvalue weighted by molar-refractivity contribution is 0.0697. The van der Waals surface area contributed by atoms with Crippen molar-refractivity contribution in [1.82, 2.24) is 4.90 Å². The van der Waals surface area contributed by atoms with Crippen molar-refractivity contribution in [2.45, 2.75) is 25.8 Å². The summed E-state index contributed by atoms with van der Waals surface area (Å²) in [6, 6.07) is 8.65. The average molecular weight is 292 g/mol. The largest absolute Gasteiger partial charge is 0.494 e. The van der Waals surface area contributed by atoms with Gasteiger partial charge in [-0.05, 0) is 49.9 Å². The third-order valence-electron chi connectivity index (χ3n) is 4.19. The molecule has 4 nitrogen and oxygen atoms in total. The van der Waals surface area contributed by atoms with E-state index in [-0.39, 0.29) is 0 Å². The van der Waals surface area contributed by atoms with Crippen molar-refractivity contribution in [1.29, 1.82) is 0 Å². The molecule has 1 heterocycles. The minimum absolute atomic E-state index is 0.292. The Bertz CT molecular complexity index is 406. The van der Waals surface area contributed by atoms with Crippen LogP contribution in [0.1, 0.15) is 31.4 Å². The summed E-state index contributed by atoms with van der Waals surface area (Å²) in [7, 11) is 1.78. The zero-order chi connectivity index (χ0) is 15.1. The van der Waals surface area contributed by atoms with Crippen molar-refractivity contribution < 1.29 is 9.47 Å². The highest BCUT2D eigenvalue weighted by molar-refractivity contribution is 5.29. The first-order valence-corrected chi connectivity index (χ1v) is 7.94. The van der Waals surface area contributed by atoms with Crippen molar-refractivity contribution in [2.24, 2.45) is 11.7 Å². The van der Waals surface area contributed by atoms with E-state index in [0.29, 0.717) is 25.1 Å². The summed E-state index contributed by atoms with van der Waals surface area (Å²) in [6.07, 6.45) is 2.48. The smallest absolute Gasteiger partial charge is 0.119 e. The number of ether oxygens (including phenoxy) is 2. The number of rotatable bonds is 7. The van der Waals surface area contributed by atoms with E-state index < -0.39 is 0 Å². The highest BCUT2D eigenvalue weighted by atomic mass is 16.5. The summed E-state index contributed by atoms with van der Waals surface area (Å²) in [4.78, 5) is 2.50. The van der Waals surface area contributed by atoms with Crippen LogP contribution in [0.3, 0.4) is 0 Å². The van der Waals surface area contributed by atoms with Gasteiger partial charge in [-0.3, -0.25) is 4.90 Å². The highest BCUT2D eigenvalue weighted by Gasteiger charge is 2.26. The van der Waals surface area contributed by atoms with Gasteiger partial charge in [-0.1, -0.05) is 12.1 Å². The SMILES string of the molecule is CCOc1ccc(C(CN)N2CCCC(COC)C2)cc1. The Labute approximate surface area is 128 Å². The first-order chi connectivity index (χ1) is 10.3. The summed E-state index contributed by atoms with van der Waals surface area (Å²) in [5, 5.41) is 0. The lowest BCUT2D eigenvalue weighted by Gasteiger charge is -2.38. The molecule has 0 saturated carbocycles. The zero-order valence-corrected chi connectivity index (χ0v) is 13.3. The predicted octanol–water partition coefficient (Wildman–Crippen LogP) is 2.44. The number of methoxy groups -OCH3 is 1. The van der Waals surface area contributed by atoms with E-state index in [1.165, 1.54) is 18.4 Å². The van der Waals surface area contributed by atoms with Crippen LogP contribution < -0.4 is 10.5 Å². The maximum atomic E-state index is 6.05. The van der Waals surface area contributed by atoms with E-state index in [9.17, 15) is 0 Å². The molecular formula is C17H28N2O2. The fraction of sp³-hybridized carbons (Fsp3) is 0.647. The molecule has 4 heteroatoms. The molecule has 2 unspecified atom stereocenters. The molecule has 0 amide bonds. The number of hydrogen-bond acceptors (Lipinski definition) is 4. The fourth-order valence-corrected chi connectivity index (χ4v) is 3.20. The highest BCUT2D eigenvalue weighted by Crippen LogP contribution is 2.27. The van der Waals surface area contributed by atoms with Gasteiger partial charge in [0.25, 0.3) is 0 Å². The van der Waals surface area contributed by atoms with Crippen LogP contribution in [0.25, 0.3) is 0 Å². The van der Waals surface area contributed by atoms with Crippen LogP contribution in [0, 0.1) is 5.92 Å². The molecule has 1 aliphatic heterocycles. The summed E-state index contributed by atoms with van der Waals surface area (Å²) in [5.74, 6) is 1.55. The monoisotopic (exact) mass is 292 g/mol. The van der Waals surface area contributed by atoms with E-state index in [0.717, 1.165) is 25.4 Å². The number of nitrogens with two attached hydrogens (primary N) is 1. The van der Waals surface area contributed by atoms with Gasteiger partial charge in [-0.15, -0.1) is 0 Å². The first-order valence-electron chi connectivity index (χ1n) is 7.94. The molecule has 0 spiro atoms. The standard InChI is InChI=1S/C17H28N2O2/c1-3-21-16-8-6-15(7-9-16)17(11-18)19-10-4-5-14(12-19)13-20-2/h6-9,14,17H,3-5,10-13,18H2,1-2H3. The molecule has 1 aromatic carbocycles. The Kier molecular flexibility index (Phi) is 6.49. The van der Waals surface area contributed by atoms with E-state index in [1.807, 2.05) is 19.1 Å². The van der Waals surface area contributed by atoms with E-state index in [4.69, 9.17) is 15.2 Å². The van der Waals surface area contributed by atoms with Crippen LogP contribution in [0.15, 0.2) is 24.3 Å². The Morgan fingerprint density at radius 3 is 2.71 bits per heavy atom. The molecule has 0 radical (unpaired) electrons. The minimum atomic E-state index is 0.292. The van der Waals surface area contributed by atoms with Gasteiger partial charge in [0.2, 0.25) is 0 Å². The van der Waals surface area contributed by atoms with Gasteiger partial charge >= 0.3 is 0 Å². The Morgan fingerprint density at radius 1 is 1.33 bits per heavy atom. The fourth-order valence-electron chi connectivity index (χ4n) is 3.20. The van der Waals surface area contributed by atoms with Crippen LogP contribution in [0.5, 0.6) is 5.75 Å². The second kappa shape index (κ2) is 8.37. The lowest BCUT2D eigenvalue weighted by atomic mass is 9.95. The first kappa shape index (κ1) is 16.3. The third kappa shape index (κ3) is 4.43. The molecule has 1 saturated heterocycles. The molecular weight excluding hydrogens is 264 g/mol. The molecule has 21 heavy (non-hydrogen) atoms. The zero-order valence-electron chi connectivity index (χ0n) is 13.3. The van der Waals surface area contributed by atoms with Crippen molar-refractivity contribution in [2.75, 3.05) is 40.0 Å². The van der Waals surface area contributed by atoms with Crippen LogP contribution in [0.2, 0.25) is 0 Å². The molecule has 2 atom stereocenters. The lowest BCUT2D eigenvalue weighted by Crippen LogP contribution is -2.42. The van der Waals surface area contributed by atoms with Gasteiger partial charge in [-0.25, -0.2) is 0 Å². The van der Waals surface area contributed by atoms with Gasteiger partial charge in [0.05, 0.1) is 13.2 Å². The molecule has 0 aromatic heterocycles. The molecule has 1 fully saturated rings. The Hall–Kier alpha value is -1.10. The van der Waals surface area contributed by atoms with E-state index in [2.05, 4.69) is 17.0 Å². The van der Waals surface area contributed by atoms with Crippen LogP contribution in [0.4, 0.5) is 0 Å². The minimum Gasteiger partial charge on any atom is -0.494 e. The number of nitrogens with zero attached hydrogens (tertiary/aromatic N) is 1. The van der Waals surface area contributed by atoms with Gasteiger partial charge in [-0.2, -0.15) is 0 Å². The molecule has 2 N–H and O–H groups in total. The maximum Gasteiger partial charge on any atom is 0.119 e. The molecule has 118 valence electrons. The quantitative estimate of drug-likeness (QED) is 0.838. The van der Waals surface area contributed by atoms with Crippen molar-refractivity contribution in [3.05, 3.63) is 29.8 Å². The van der Waals surface area contributed by atoms with Gasteiger partial charge in [0, 0.05) is 26.2 Å².